The quantitative estimate of drug-likeness (QED) is 0.380. The molecule has 0 atom stereocenters. The normalized spacial score (nSPS) is 17.1. The fraction of sp³-hybridized carbons (Fsp3) is 0.533. The Balaban J connectivity index is 1.65. The molecule has 0 spiro atoms. The number of nitrogens with zero attached hydrogens (tertiary/aromatic N) is 1. The summed E-state index contributed by atoms with van der Waals surface area (Å²) in [5.41, 5.74) is 5.88. The van der Waals surface area contributed by atoms with E-state index in [4.69, 9.17) is 5.73 Å². The zero-order valence-electron chi connectivity index (χ0n) is 11.6. The maximum absolute atomic E-state index is 12.7. The van der Waals surface area contributed by atoms with E-state index in [0.717, 1.165) is 10.6 Å². The van der Waals surface area contributed by atoms with Crippen LogP contribution < -0.4 is 11.1 Å². The topological polar surface area (TPSA) is 50.4 Å². The summed E-state index contributed by atoms with van der Waals surface area (Å²) in [5, 5.41) is 3.29. The lowest BCUT2D eigenvalue weighted by Gasteiger charge is -2.23. The summed E-state index contributed by atoms with van der Waals surface area (Å²) in [5.74, 6) is 1.20. The van der Waals surface area contributed by atoms with E-state index in [0.29, 0.717) is 18.5 Å². The molecular formula is C15H22FN3S. The minimum atomic E-state index is -0.201. The molecule has 1 fully saturated rings. The third-order valence-corrected chi connectivity index (χ3v) is 4.41. The third kappa shape index (κ3) is 5.41. The number of hydrogen-bond donors (Lipinski definition) is 2. The predicted octanol–water partition coefficient (Wildman–Crippen LogP) is 3.15. The molecule has 2 rings (SSSR count). The van der Waals surface area contributed by atoms with Crippen LogP contribution in [0.3, 0.4) is 0 Å². The number of aliphatic imine (C=N–C) groups is 1. The number of nitrogens with one attached hydrogen (secondary N) is 1. The summed E-state index contributed by atoms with van der Waals surface area (Å²) in [4.78, 5) is 5.40. The molecule has 1 aromatic rings. The highest BCUT2D eigenvalue weighted by Gasteiger charge is 2.12. The van der Waals surface area contributed by atoms with Crippen LogP contribution in [-0.2, 0) is 0 Å². The highest BCUT2D eigenvalue weighted by molar-refractivity contribution is 7.99. The van der Waals surface area contributed by atoms with Crippen molar-refractivity contribution in [1.29, 1.82) is 0 Å². The smallest absolute Gasteiger partial charge is 0.188 e. The number of thioether (sulfide) groups is 1. The van der Waals surface area contributed by atoms with E-state index in [1.165, 1.54) is 44.2 Å². The maximum atomic E-state index is 12.7. The first-order chi connectivity index (χ1) is 9.74. The molecule has 0 aliphatic heterocycles. The van der Waals surface area contributed by atoms with Gasteiger partial charge in [-0.15, -0.1) is 11.8 Å². The van der Waals surface area contributed by atoms with Crippen LogP contribution in [0.1, 0.15) is 32.1 Å². The minimum absolute atomic E-state index is 0.201. The Bertz CT molecular complexity index is 427. The van der Waals surface area contributed by atoms with Crippen molar-refractivity contribution in [2.45, 2.75) is 43.0 Å². The predicted molar refractivity (Wildman–Crippen MR) is 83.6 cm³/mol. The number of halogens is 1. The zero-order chi connectivity index (χ0) is 14.2. The van der Waals surface area contributed by atoms with Gasteiger partial charge in [0, 0.05) is 16.7 Å². The monoisotopic (exact) mass is 295 g/mol. The second-order valence-corrected chi connectivity index (χ2v) is 6.22. The van der Waals surface area contributed by atoms with Gasteiger partial charge >= 0.3 is 0 Å². The van der Waals surface area contributed by atoms with Crippen LogP contribution in [0.5, 0.6) is 0 Å². The number of nitrogens with two attached hydrogens (primary N) is 1. The highest BCUT2D eigenvalue weighted by atomic mass is 32.2. The second kappa shape index (κ2) is 8.15. The van der Waals surface area contributed by atoms with Crippen molar-refractivity contribution in [3.63, 3.8) is 0 Å². The van der Waals surface area contributed by atoms with Gasteiger partial charge in [0.1, 0.15) is 5.82 Å². The van der Waals surface area contributed by atoms with Crippen LogP contribution in [-0.4, -0.2) is 24.3 Å². The fourth-order valence-corrected chi connectivity index (χ4v) is 3.11. The van der Waals surface area contributed by atoms with Gasteiger partial charge in [-0.25, -0.2) is 4.39 Å². The van der Waals surface area contributed by atoms with Gasteiger partial charge in [-0.2, -0.15) is 0 Å². The van der Waals surface area contributed by atoms with Gasteiger partial charge in [0.2, 0.25) is 0 Å². The van der Waals surface area contributed by atoms with Crippen molar-refractivity contribution in [2.24, 2.45) is 10.7 Å². The molecule has 3 nitrogen and oxygen atoms in total. The lowest BCUT2D eigenvalue weighted by Crippen LogP contribution is -2.41. The molecule has 0 bridgehead atoms. The van der Waals surface area contributed by atoms with Gasteiger partial charge in [0.05, 0.1) is 6.54 Å². The summed E-state index contributed by atoms with van der Waals surface area (Å²) >= 11 is 1.66. The van der Waals surface area contributed by atoms with Gasteiger partial charge in [-0.05, 0) is 37.1 Å². The van der Waals surface area contributed by atoms with E-state index in [1.807, 2.05) is 0 Å². The minimum Gasteiger partial charge on any atom is -0.370 e. The molecule has 0 aromatic heterocycles. The van der Waals surface area contributed by atoms with Gasteiger partial charge in [0.25, 0.3) is 0 Å². The number of guanidine groups is 1. The van der Waals surface area contributed by atoms with E-state index >= 15 is 0 Å². The second-order valence-electron chi connectivity index (χ2n) is 5.05. The molecule has 1 saturated carbocycles. The molecule has 5 heteroatoms. The Labute approximate surface area is 124 Å². The highest BCUT2D eigenvalue weighted by Crippen LogP contribution is 2.18. The summed E-state index contributed by atoms with van der Waals surface area (Å²) in [7, 11) is 0. The largest absolute Gasteiger partial charge is 0.370 e. The van der Waals surface area contributed by atoms with Crippen molar-refractivity contribution >= 4 is 17.7 Å². The zero-order valence-corrected chi connectivity index (χ0v) is 12.5. The fourth-order valence-electron chi connectivity index (χ4n) is 2.36. The molecule has 0 unspecified atom stereocenters. The van der Waals surface area contributed by atoms with Crippen molar-refractivity contribution < 1.29 is 4.39 Å². The third-order valence-electron chi connectivity index (χ3n) is 3.41. The molecule has 0 heterocycles. The van der Waals surface area contributed by atoms with Crippen LogP contribution >= 0.6 is 11.8 Å². The average Bonchev–Trinajstić information content (AvgIpc) is 2.46. The molecule has 1 aliphatic carbocycles. The lowest BCUT2D eigenvalue weighted by molar-refractivity contribution is 0.412. The van der Waals surface area contributed by atoms with Gasteiger partial charge in [-0.1, -0.05) is 19.3 Å². The summed E-state index contributed by atoms with van der Waals surface area (Å²) in [6.45, 7) is 0.674. The van der Waals surface area contributed by atoms with Gasteiger partial charge in [0.15, 0.2) is 5.96 Å². The van der Waals surface area contributed by atoms with E-state index in [1.54, 1.807) is 23.9 Å². The van der Waals surface area contributed by atoms with Crippen LogP contribution in [0.15, 0.2) is 34.2 Å². The molecule has 1 aromatic carbocycles. The summed E-state index contributed by atoms with van der Waals surface area (Å²) in [6, 6.07) is 7.02. The number of hydrogen-bond acceptors (Lipinski definition) is 2. The Morgan fingerprint density at radius 3 is 2.65 bits per heavy atom. The number of benzene rings is 1. The lowest BCUT2D eigenvalue weighted by atomic mass is 9.96. The van der Waals surface area contributed by atoms with Crippen LogP contribution in [0.25, 0.3) is 0 Å². The number of rotatable bonds is 5. The van der Waals surface area contributed by atoms with Gasteiger partial charge < -0.3 is 11.1 Å². The SMILES string of the molecule is NC(=NCCSc1ccc(F)cc1)NC1CCCCC1. The Morgan fingerprint density at radius 1 is 1.25 bits per heavy atom. The molecule has 1 aliphatic rings. The van der Waals surface area contributed by atoms with Crippen LogP contribution in [0, 0.1) is 5.82 Å². The first kappa shape index (κ1) is 15.2. The first-order valence-electron chi connectivity index (χ1n) is 7.19. The van der Waals surface area contributed by atoms with E-state index in [2.05, 4.69) is 10.3 Å². The molecule has 0 amide bonds. The summed E-state index contributed by atoms with van der Waals surface area (Å²) in [6.07, 6.45) is 6.29. The molecule has 0 radical (unpaired) electrons. The average molecular weight is 295 g/mol. The maximum Gasteiger partial charge on any atom is 0.188 e. The van der Waals surface area contributed by atoms with Gasteiger partial charge in [-0.3, -0.25) is 4.99 Å². The molecular weight excluding hydrogens is 273 g/mol. The van der Waals surface area contributed by atoms with Crippen molar-refractivity contribution in [1.82, 2.24) is 5.32 Å². The Kier molecular flexibility index (Phi) is 6.18. The molecule has 3 N–H and O–H groups in total. The summed E-state index contributed by atoms with van der Waals surface area (Å²) < 4.78 is 12.7. The van der Waals surface area contributed by atoms with E-state index < -0.39 is 0 Å². The van der Waals surface area contributed by atoms with Crippen LogP contribution in [0.2, 0.25) is 0 Å². The molecule has 110 valence electrons. The van der Waals surface area contributed by atoms with Crippen molar-refractivity contribution in [2.75, 3.05) is 12.3 Å². The van der Waals surface area contributed by atoms with E-state index in [9.17, 15) is 4.39 Å². The van der Waals surface area contributed by atoms with Crippen LogP contribution in [0.4, 0.5) is 4.39 Å². The first-order valence-corrected chi connectivity index (χ1v) is 8.17. The molecule has 20 heavy (non-hydrogen) atoms. The standard InChI is InChI=1S/C15H22FN3S/c16-12-6-8-14(9-7-12)20-11-10-18-15(17)19-13-4-2-1-3-5-13/h6-9,13H,1-5,10-11H2,(H3,17,18,19). The molecule has 0 saturated heterocycles. The van der Waals surface area contributed by atoms with Crippen molar-refractivity contribution in [3.05, 3.63) is 30.1 Å². The Hall–Kier alpha value is -1.23. The Morgan fingerprint density at radius 2 is 1.95 bits per heavy atom. The van der Waals surface area contributed by atoms with Crippen molar-refractivity contribution in [3.8, 4) is 0 Å². The van der Waals surface area contributed by atoms with E-state index in [-0.39, 0.29) is 5.82 Å².